The summed E-state index contributed by atoms with van der Waals surface area (Å²) in [5, 5.41) is 11.5. The third-order valence-corrected chi connectivity index (χ3v) is 3.60. The smallest absolute Gasteiger partial charge is 0.230 e. The number of carbonyl (C=O) groups is 1. The summed E-state index contributed by atoms with van der Waals surface area (Å²) in [7, 11) is 0. The molecule has 0 heterocycles. The molecule has 1 aromatic rings. The predicted molar refractivity (Wildman–Crippen MR) is 66.3 cm³/mol. The number of carbonyl (C=O) groups excluding carboxylic acids is 1. The standard InChI is InChI=1S/C14H15FN2O/c1-14(6-2-3-7-14)13(18)17-11-4-5-12(15)10(8-11)9-16/h4-5,8H,2-3,6-7H2,1H3,(H,17,18). The summed E-state index contributed by atoms with van der Waals surface area (Å²) in [5.41, 5.74) is 0.0942. The Labute approximate surface area is 106 Å². The van der Waals surface area contributed by atoms with Crippen LogP contribution in [0.25, 0.3) is 0 Å². The van der Waals surface area contributed by atoms with Gasteiger partial charge in [-0.3, -0.25) is 4.79 Å². The number of benzene rings is 1. The first kappa shape index (κ1) is 12.6. The van der Waals surface area contributed by atoms with Crippen molar-refractivity contribution in [2.24, 2.45) is 5.41 Å². The van der Waals surface area contributed by atoms with Crippen molar-refractivity contribution < 1.29 is 9.18 Å². The van der Waals surface area contributed by atoms with Crippen LogP contribution in [0, 0.1) is 22.6 Å². The Kier molecular flexibility index (Phi) is 3.33. The summed E-state index contributed by atoms with van der Waals surface area (Å²) in [6.07, 6.45) is 3.89. The number of nitriles is 1. The first-order valence-corrected chi connectivity index (χ1v) is 6.06. The molecule has 0 saturated heterocycles. The van der Waals surface area contributed by atoms with Crippen LogP contribution >= 0.6 is 0 Å². The van der Waals surface area contributed by atoms with E-state index in [4.69, 9.17) is 5.26 Å². The third-order valence-electron chi connectivity index (χ3n) is 3.60. The summed E-state index contributed by atoms with van der Waals surface area (Å²) >= 11 is 0. The van der Waals surface area contributed by atoms with Crippen LogP contribution < -0.4 is 5.32 Å². The fraction of sp³-hybridized carbons (Fsp3) is 0.429. The Balaban J connectivity index is 2.15. The van der Waals surface area contributed by atoms with E-state index >= 15 is 0 Å². The van der Waals surface area contributed by atoms with Crippen molar-refractivity contribution in [2.45, 2.75) is 32.6 Å². The highest BCUT2D eigenvalue weighted by Gasteiger charge is 2.36. The minimum atomic E-state index is -0.567. The number of nitrogens with one attached hydrogen (secondary N) is 1. The highest BCUT2D eigenvalue weighted by molar-refractivity contribution is 5.95. The number of anilines is 1. The van der Waals surface area contributed by atoms with Gasteiger partial charge in [-0.25, -0.2) is 4.39 Å². The van der Waals surface area contributed by atoms with Crippen molar-refractivity contribution >= 4 is 11.6 Å². The molecule has 0 atom stereocenters. The number of halogens is 1. The van der Waals surface area contributed by atoms with E-state index in [2.05, 4.69) is 5.32 Å². The molecule has 18 heavy (non-hydrogen) atoms. The molecule has 2 rings (SSSR count). The lowest BCUT2D eigenvalue weighted by molar-refractivity contribution is -0.124. The molecule has 0 aliphatic heterocycles. The van der Waals surface area contributed by atoms with Crippen LogP contribution in [-0.4, -0.2) is 5.91 Å². The molecule has 94 valence electrons. The molecular formula is C14H15FN2O. The maximum absolute atomic E-state index is 13.1. The van der Waals surface area contributed by atoms with Crippen molar-refractivity contribution in [1.82, 2.24) is 0 Å². The van der Waals surface area contributed by atoms with Crippen LogP contribution in [0.2, 0.25) is 0 Å². The summed E-state index contributed by atoms with van der Waals surface area (Å²) in [4.78, 5) is 12.1. The summed E-state index contributed by atoms with van der Waals surface area (Å²) in [5.74, 6) is -0.613. The van der Waals surface area contributed by atoms with Crippen LogP contribution in [0.1, 0.15) is 38.2 Å². The van der Waals surface area contributed by atoms with Crippen molar-refractivity contribution in [3.63, 3.8) is 0 Å². The SMILES string of the molecule is CC1(C(=O)Nc2ccc(F)c(C#N)c2)CCCC1. The second kappa shape index (κ2) is 4.77. The lowest BCUT2D eigenvalue weighted by Crippen LogP contribution is -2.30. The molecule has 1 aliphatic carbocycles. The van der Waals surface area contributed by atoms with E-state index in [9.17, 15) is 9.18 Å². The van der Waals surface area contributed by atoms with Gasteiger partial charge in [0.25, 0.3) is 0 Å². The van der Waals surface area contributed by atoms with Gasteiger partial charge in [0.05, 0.1) is 5.56 Å². The van der Waals surface area contributed by atoms with Crippen LogP contribution in [0.4, 0.5) is 10.1 Å². The minimum absolute atomic E-state index is 0.0458. The Morgan fingerprint density at radius 1 is 1.44 bits per heavy atom. The molecule has 3 nitrogen and oxygen atoms in total. The molecule has 1 N–H and O–H groups in total. The predicted octanol–water partition coefficient (Wildman–Crippen LogP) is 3.22. The number of nitrogens with zero attached hydrogens (tertiary/aromatic N) is 1. The fourth-order valence-electron chi connectivity index (χ4n) is 2.35. The Bertz CT molecular complexity index is 513. The van der Waals surface area contributed by atoms with E-state index in [0.29, 0.717) is 5.69 Å². The van der Waals surface area contributed by atoms with E-state index < -0.39 is 5.82 Å². The van der Waals surface area contributed by atoms with Crippen LogP contribution in [0.5, 0.6) is 0 Å². The van der Waals surface area contributed by atoms with Gasteiger partial charge < -0.3 is 5.32 Å². The number of hydrogen-bond acceptors (Lipinski definition) is 2. The fourth-order valence-corrected chi connectivity index (χ4v) is 2.35. The molecule has 1 amide bonds. The molecule has 1 saturated carbocycles. The van der Waals surface area contributed by atoms with Crippen LogP contribution in [0.15, 0.2) is 18.2 Å². The third kappa shape index (κ3) is 2.35. The van der Waals surface area contributed by atoms with E-state index in [0.717, 1.165) is 25.7 Å². The first-order chi connectivity index (χ1) is 8.55. The number of hydrogen-bond donors (Lipinski definition) is 1. The van der Waals surface area contributed by atoms with Gasteiger partial charge in [-0.15, -0.1) is 0 Å². The Hall–Kier alpha value is -1.89. The molecule has 1 aliphatic rings. The number of amides is 1. The van der Waals surface area contributed by atoms with Crippen molar-refractivity contribution in [2.75, 3.05) is 5.32 Å². The van der Waals surface area contributed by atoms with E-state index in [1.807, 2.05) is 6.92 Å². The Morgan fingerprint density at radius 3 is 2.72 bits per heavy atom. The van der Waals surface area contributed by atoms with Crippen molar-refractivity contribution in [1.29, 1.82) is 5.26 Å². The molecule has 0 bridgehead atoms. The first-order valence-electron chi connectivity index (χ1n) is 6.06. The summed E-state index contributed by atoms with van der Waals surface area (Å²) in [6.45, 7) is 1.95. The minimum Gasteiger partial charge on any atom is -0.326 e. The average Bonchev–Trinajstić information content (AvgIpc) is 2.80. The molecule has 4 heteroatoms. The maximum atomic E-state index is 13.1. The van der Waals surface area contributed by atoms with E-state index in [-0.39, 0.29) is 16.9 Å². The second-order valence-electron chi connectivity index (χ2n) is 5.03. The molecule has 0 spiro atoms. The van der Waals surface area contributed by atoms with Gasteiger partial charge in [-0.2, -0.15) is 5.26 Å². The van der Waals surface area contributed by atoms with Crippen molar-refractivity contribution in [3.8, 4) is 6.07 Å². The highest BCUT2D eigenvalue weighted by atomic mass is 19.1. The van der Waals surface area contributed by atoms with Gasteiger partial charge in [0.2, 0.25) is 5.91 Å². The van der Waals surface area contributed by atoms with E-state index in [1.54, 1.807) is 6.07 Å². The summed E-state index contributed by atoms with van der Waals surface area (Å²) in [6, 6.07) is 5.81. The largest absolute Gasteiger partial charge is 0.326 e. The summed E-state index contributed by atoms with van der Waals surface area (Å²) < 4.78 is 13.1. The number of rotatable bonds is 2. The molecule has 1 aromatic carbocycles. The Morgan fingerprint density at radius 2 is 2.11 bits per heavy atom. The molecule has 1 fully saturated rings. The molecule has 0 aromatic heterocycles. The normalized spacial score (nSPS) is 17.2. The zero-order valence-corrected chi connectivity index (χ0v) is 10.3. The van der Waals surface area contributed by atoms with Gasteiger partial charge in [0.1, 0.15) is 11.9 Å². The monoisotopic (exact) mass is 246 g/mol. The highest BCUT2D eigenvalue weighted by Crippen LogP contribution is 2.38. The molecular weight excluding hydrogens is 231 g/mol. The average molecular weight is 246 g/mol. The zero-order valence-electron chi connectivity index (χ0n) is 10.3. The lowest BCUT2D eigenvalue weighted by Gasteiger charge is -2.22. The van der Waals surface area contributed by atoms with Gasteiger partial charge >= 0.3 is 0 Å². The van der Waals surface area contributed by atoms with Gasteiger partial charge in [0.15, 0.2) is 0 Å². The molecule has 0 radical (unpaired) electrons. The lowest BCUT2D eigenvalue weighted by atomic mass is 9.88. The van der Waals surface area contributed by atoms with Crippen LogP contribution in [-0.2, 0) is 4.79 Å². The second-order valence-corrected chi connectivity index (χ2v) is 5.03. The van der Waals surface area contributed by atoms with Gasteiger partial charge in [-0.05, 0) is 31.0 Å². The van der Waals surface area contributed by atoms with Crippen LogP contribution in [0.3, 0.4) is 0 Å². The quantitative estimate of drug-likeness (QED) is 0.871. The molecule has 0 unspecified atom stereocenters. The maximum Gasteiger partial charge on any atom is 0.230 e. The van der Waals surface area contributed by atoms with Crippen molar-refractivity contribution in [3.05, 3.63) is 29.6 Å². The van der Waals surface area contributed by atoms with E-state index in [1.165, 1.54) is 18.2 Å². The topological polar surface area (TPSA) is 52.9 Å². The zero-order chi connectivity index (χ0) is 13.2. The van der Waals surface area contributed by atoms with Gasteiger partial charge in [-0.1, -0.05) is 19.8 Å². The van der Waals surface area contributed by atoms with Gasteiger partial charge in [0, 0.05) is 11.1 Å².